The molecule has 0 radical (unpaired) electrons. The van der Waals surface area contributed by atoms with Gasteiger partial charge in [0.2, 0.25) is 0 Å². The number of benzene rings is 1. The van der Waals surface area contributed by atoms with Gasteiger partial charge in [-0.25, -0.2) is 0 Å². The largest absolute Gasteiger partial charge is 0.508 e. The summed E-state index contributed by atoms with van der Waals surface area (Å²) in [7, 11) is -3.10. The fraction of sp³-hybridized carbons (Fsp3) is 0.333. The zero-order valence-corrected chi connectivity index (χ0v) is 11.6. The van der Waals surface area contributed by atoms with E-state index in [0.717, 1.165) is 0 Å². The molecule has 0 unspecified atom stereocenters. The number of aromatic hydroxyl groups is 1. The molecule has 0 aliphatic carbocycles. The van der Waals surface area contributed by atoms with Crippen LogP contribution in [-0.4, -0.2) is 25.6 Å². The van der Waals surface area contributed by atoms with Crippen molar-refractivity contribution < 1.29 is 23.5 Å². The average molecular weight is 268 g/mol. The van der Waals surface area contributed by atoms with E-state index in [1.165, 1.54) is 26.0 Å². The second kappa shape index (κ2) is 5.68. The van der Waals surface area contributed by atoms with Crippen molar-refractivity contribution in [2.75, 3.05) is 0 Å². The van der Waals surface area contributed by atoms with Gasteiger partial charge in [-0.05, 0) is 12.1 Å². The first-order valence-electron chi connectivity index (χ1n) is 5.58. The Morgan fingerprint density at radius 3 is 1.89 bits per heavy atom. The van der Waals surface area contributed by atoms with Gasteiger partial charge >= 0.3 is 8.56 Å². The van der Waals surface area contributed by atoms with Gasteiger partial charge in [0.25, 0.3) is 11.9 Å². The molecule has 0 spiro atoms. The molecular weight excluding hydrogens is 252 g/mol. The quantitative estimate of drug-likeness (QED) is 0.830. The van der Waals surface area contributed by atoms with Crippen molar-refractivity contribution in [3.8, 4) is 5.75 Å². The van der Waals surface area contributed by atoms with Crippen molar-refractivity contribution in [2.45, 2.75) is 26.8 Å². The van der Waals surface area contributed by atoms with Crippen molar-refractivity contribution in [3.63, 3.8) is 0 Å². The van der Waals surface area contributed by atoms with Gasteiger partial charge in [-0.3, -0.25) is 9.59 Å². The molecule has 0 fully saturated rings. The summed E-state index contributed by atoms with van der Waals surface area (Å²) in [5.74, 6) is -0.876. The van der Waals surface area contributed by atoms with E-state index < -0.39 is 20.5 Å². The molecule has 0 bridgehead atoms. The third-order valence-electron chi connectivity index (χ3n) is 2.39. The van der Waals surface area contributed by atoms with Crippen LogP contribution in [0.4, 0.5) is 0 Å². The normalized spacial score (nSPS) is 10.8. The predicted octanol–water partition coefficient (Wildman–Crippen LogP) is 1.19. The average Bonchev–Trinajstić information content (AvgIpc) is 2.27. The van der Waals surface area contributed by atoms with E-state index >= 15 is 0 Å². The highest BCUT2D eigenvalue weighted by atomic mass is 28.4. The highest BCUT2D eigenvalue weighted by Gasteiger charge is 2.44. The van der Waals surface area contributed by atoms with Gasteiger partial charge in [0.15, 0.2) is 0 Å². The minimum atomic E-state index is -3.10. The van der Waals surface area contributed by atoms with Crippen LogP contribution in [0.3, 0.4) is 0 Å². The van der Waals surface area contributed by atoms with Crippen molar-refractivity contribution in [2.24, 2.45) is 0 Å². The molecule has 5 nitrogen and oxygen atoms in total. The van der Waals surface area contributed by atoms with Crippen molar-refractivity contribution in [3.05, 3.63) is 24.3 Å². The lowest BCUT2D eigenvalue weighted by Gasteiger charge is -2.27. The van der Waals surface area contributed by atoms with Gasteiger partial charge in [0, 0.05) is 25.1 Å². The Morgan fingerprint density at radius 1 is 1.11 bits per heavy atom. The van der Waals surface area contributed by atoms with Crippen LogP contribution in [0.25, 0.3) is 0 Å². The summed E-state index contributed by atoms with van der Waals surface area (Å²) in [5, 5.41) is 9.89. The smallest absolute Gasteiger partial charge is 0.499 e. The zero-order valence-electron chi connectivity index (χ0n) is 10.6. The molecule has 1 aromatic rings. The molecule has 0 aromatic heterocycles. The fourth-order valence-electron chi connectivity index (χ4n) is 1.67. The van der Waals surface area contributed by atoms with Crippen LogP contribution in [-0.2, 0) is 18.4 Å². The Balaban J connectivity index is 3.19. The first kappa shape index (κ1) is 14.2. The summed E-state index contributed by atoms with van der Waals surface area (Å²) in [4.78, 5) is 22.4. The molecule has 1 aromatic carbocycles. The van der Waals surface area contributed by atoms with Gasteiger partial charge in [0.1, 0.15) is 5.75 Å². The molecule has 0 saturated heterocycles. The van der Waals surface area contributed by atoms with Crippen LogP contribution in [0.1, 0.15) is 20.8 Å². The van der Waals surface area contributed by atoms with E-state index in [0.29, 0.717) is 11.2 Å². The summed E-state index contributed by atoms with van der Waals surface area (Å²) in [6.07, 6.45) is 0. The fourth-order valence-corrected chi connectivity index (χ4v) is 4.24. The summed E-state index contributed by atoms with van der Waals surface area (Å²) in [5.41, 5.74) is 0. The zero-order chi connectivity index (χ0) is 13.8. The molecule has 6 heteroatoms. The van der Waals surface area contributed by atoms with E-state index in [2.05, 4.69) is 0 Å². The number of phenolic OH excluding ortho intramolecular Hbond substituents is 1. The van der Waals surface area contributed by atoms with Crippen LogP contribution in [0, 0.1) is 0 Å². The first-order valence-corrected chi connectivity index (χ1v) is 7.60. The summed E-state index contributed by atoms with van der Waals surface area (Å²) >= 11 is 0. The molecule has 1 N–H and O–H groups in total. The van der Waals surface area contributed by atoms with Crippen molar-refractivity contribution in [1.29, 1.82) is 0 Å². The number of hydrogen-bond acceptors (Lipinski definition) is 5. The number of hydrogen-bond donors (Lipinski definition) is 1. The van der Waals surface area contributed by atoms with E-state index in [9.17, 15) is 14.7 Å². The third kappa shape index (κ3) is 3.33. The lowest BCUT2D eigenvalue weighted by Crippen LogP contribution is -2.55. The standard InChI is InChI=1S/C12H16O5Si/c1-4-18(16-9(2)13,17-10(3)14)12-7-5-11(15)6-8-12/h5-8,15H,4H2,1-3H3. The Bertz CT molecular complexity index is 424. The monoisotopic (exact) mass is 268 g/mol. The third-order valence-corrected chi connectivity index (χ3v) is 5.77. The maximum atomic E-state index is 11.2. The van der Waals surface area contributed by atoms with Crippen LogP contribution >= 0.6 is 0 Å². The summed E-state index contributed by atoms with van der Waals surface area (Å²) in [6.45, 7) is 4.35. The molecule has 18 heavy (non-hydrogen) atoms. The molecule has 0 aliphatic rings. The van der Waals surface area contributed by atoms with E-state index in [1.54, 1.807) is 19.1 Å². The second-order valence-electron chi connectivity index (χ2n) is 3.84. The Labute approximate surface area is 107 Å². The molecule has 0 saturated carbocycles. The van der Waals surface area contributed by atoms with Gasteiger partial charge < -0.3 is 14.0 Å². The van der Waals surface area contributed by atoms with Crippen LogP contribution in [0.5, 0.6) is 5.75 Å². The maximum absolute atomic E-state index is 11.2. The van der Waals surface area contributed by atoms with Gasteiger partial charge in [0.05, 0.1) is 0 Å². The number of carbonyl (C=O) groups excluding carboxylic acids is 2. The van der Waals surface area contributed by atoms with Gasteiger partial charge in [-0.15, -0.1) is 0 Å². The summed E-state index contributed by atoms with van der Waals surface area (Å²) in [6, 6.07) is 6.57. The molecule has 98 valence electrons. The van der Waals surface area contributed by atoms with Crippen LogP contribution in [0.15, 0.2) is 24.3 Å². The SMILES string of the molecule is CC[Si](OC(C)=O)(OC(C)=O)c1ccc(O)cc1. The summed E-state index contributed by atoms with van der Waals surface area (Å²) < 4.78 is 10.6. The molecule has 1 rings (SSSR count). The van der Waals surface area contributed by atoms with E-state index in [1.807, 2.05) is 0 Å². The first-order chi connectivity index (χ1) is 8.39. The Hall–Kier alpha value is -1.82. The minimum Gasteiger partial charge on any atom is -0.508 e. The van der Waals surface area contributed by atoms with Crippen molar-refractivity contribution >= 4 is 25.7 Å². The molecule has 0 amide bonds. The van der Waals surface area contributed by atoms with Gasteiger partial charge in [-0.1, -0.05) is 19.1 Å². The lowest BCUT2D eigenvalue weighted by molar-refractivity contribution is -0.138. The minimum absolute atomic E-state index is 0.100. The highest BCUT2D eigenvalue weighted by molar-refractivity contribution is 6.83. The number of carbonyl (C=O) groups is 2. The molecule has 0 aliphatic heterocycles. The molecule has 0 atom stereocenters. The van der Waals surface area contributed by atoms with Crippen molar-refractivity contribution in [1.82, 2.24) is 0 Å². The van der Waals surface area contributed by atoms with E-state index in [-0.39, 0.29) is 5.75 Å². The van der Waals surface area contributed by atoms with Crippen LogP contribution < -0.4 is 5.19 Å². The lowest BCUT2D eigenvalue weighted by atomic mass is 10.3. The second-order valence-corrected chi connectivity index (χ2v) is 7.04. The Morgan fingerprint density at radius 2 is 1.56 bits per heavy atom. The molecular formula is C12H16O5Si. The predicted molar refractivity (Wildman–Crippen MR) is 67.5 cm³/mol. The number of phenols is 1. The maximum Gasteiger partial charge on any atom is 0.499 e. The molecule has 0 heterocycles. The Kier molecular flexibility index (Phi) is 4.49. The topological polar surface area (TPSA) is 72.8 Å². The van der Waals surface area contributed by atoms with Crippen LogP contribution in [0.2, 0.25) is 6.04 Å². The number of rotatable bonds is 4. The van der Waals surface area contributed by atoms with E-state index in [4.69, 9.17) is 8.85 Å². The van der Waals surface area contributed by atoms with Gasteiger partial charge in [-0.2, -0.15) is 0 Å². The highest BCUT2D eigenvalue weighted by Crippen LogP contribution is 2.16.